The zero-order valence-corrected chi connectivity index (χ0v) is 14.0. The molecule has 20 heavy (non-hydrogen) atoms. The Bertz CT molecular complexity index is 452. The number of halogens is 1. The predicted octanol–water partition coefficient (Wildman–Crippen LogP) is 2.77. The smallest absolute Gasteiger partial charge is 0.257 e. The van der Waals surface area contributed by atoms with E-state index in [1.54, 1.807) is 24.2 Å². The van der Waals surface area contributed by atoms with Crippen LogP contribution in [0.1, 0.15) is 31.1 Å². The third-order valence-electron chi connectivity index (χ3n) is 2.65. The molecule has 1 aromatic heterocycles. The first kappa shape index (κ1) is 16.9. The van der Waals surface area contributed by atoms with Crippen molar-refractivity contribution in [3.63, 3.8) is 0 Å². The maximum Gasteiger partial charge on any atom is 0.257 e. The minimum absolute atomic E-state index is 0.0675. The quantitative estimate of drug-likeness (QED) is 0.826. The second kappa shape index (κ2) is 8.21. The SMILES string of the molecule is CCNc1ncc(Br)cc1C(=O)N(C)CCOC(C)C. The molecule has 1 aromatic rings. The van der Waals surface area contributed by atoms with Gasteiger partial charge in [0.1, 0.15) is 5.82 Å². The highest BCUT2D eigenvalue weighted by Gasteiger charge is 2.17. The van der Waals surface area contributed by atoms with Gasteiger partial charge < -0.3 is 15.0 Å². The maximum absolute atomic E-state index is 12.4. The van der Waals surface area contributed by atoms with Crippen LogP contribution in [0.4, 0.5) is 5.82 Å². The molecule has 0 saturated heterocycles. The van der Waals surface area contributed by atoms with Crippen LogP contribution in [0.15, 0.2) is 16.7 Å². The molecule has 6 heteroatoms. The number of likely N-dealkylation sites (N-methyl/N-ethyl adjacent to an activating group) is 1. The number of nitrogens with one attached hydrogen (secondary N) is 1. The van der Waals surface area contributed by atoms with Gasteiger partial charge in [-0.3, -0.25) is 4.79 Å². The number of ether oxygens (including phenoxy) is 1. The fraction of sp³-hybridized carbons (Fsp3) is 0.571. The van der Waals surface area contributed by atoms with Crippen molar-refractivity contribution in [3.8, 4) is 0 Å². The van der Waals surface area contributed by atoms with E-state index < -0.39 is 0 Å². The Balaban J connectivity index is 2.76. The fourth-order valence-corrected chi connectivity index (χ4v) is 1.97. The van der Waals surface area contributed by atoms with E-state index in [4.69, 9.17) is 4.74 Å². The molecule has 5 nitrogen and oxygen atoms in total. The van der Waals surface area contributed by atoms with Crippen LogP contribution in [0.2, 0.25) is 0 Å². The number of hydrogen-bond donors (Lipinski definition) is 1. The summed E-state index contributed by atoms with van der Waals surface area (Å²) in [5, 5.41) is 3.10. The largest absolute Gasteiger partial charge is 0.377 e. The van der Waals surface area contributed by atoms with Gasteiger partial charge in [-0.25, -0.2) is 4.98 Å². The van der Waals surface area contributed by atoms with Crippen molar-refractivity contribution in [3.05, 3.63) is 22.3 Å². The second-order valence-corrected chi connectivity index (χ2v) is 5.64. The predicted molar refractivity (Wildman–Crippen MR) is 84.1 cm³/mol. The normalized spacial score (nSPS) is 10.7. The molecular formula is C14H22BrN3O2. The van der Waals surface area contributed by atoms with E-state index in [2.05, 4.69) is 26.2 Å². The summed E-state index contributed by atoms with van der Waals surface area (Å²) < 4.78 is 6.25. The number of carbonyl (C=O) groups is 1. The third-order valence-corrected chi connectivity index (χ3v) is 3.09. The average Bonchev–Trinajstić information content (AvgIpc) is 2.39. The van der Waals surface area contributed by atoms with Crippen molar-refractivity contribution in [2.24, 2.45) is 0 Å². The standard InChI is InChI=1S/C14H22BrN3O2/c1-5-16-13-12(8-11(15)9-17-13)14(19)18(4)6-7-20-10(2)3/h8-10H,5-7H2,1-4H3,(H,16,17). The maximum atomic E-state index is 12.4. The zero-order valence-electron chi connectivity index (χ0n) is 12.4. The summed E-state index contributed by atoms with van der Waals surface area (Å²) in [4.78, 5) is 18.3. The minimum atomic E-state index is -0.0675. The van der Waals surface area contributed by atoms with Crippen LogP contribution in [-0.2, 0) is 4.74 Å². The number of rotatable bonds is 7. The number of anilines is 1. The van der Waals surface area contributed by atoms with Crippen molar-refractivity contribution in [2.75, 3.05) is 32.1 Å². The fourth-order valence-electron chi connectivity index (χ4n) is 1.64. The summed E-state index contributed by atoms with van der Waals surface area (Å²) >= 11 is 3.35. The Hall–Kier alpha value is -1.14. The average molecular weight is 344 g/mol. The lowest BCUT2D eigenvalue weighted by molar-refractivity contribution is 0.0532. The van der Waals surface area contributed by atoms with Gasteiger partial charge in [-0.2, -0.15) is 0 Å². The molecule has 0 saturated carbocycles. The van der Waals surface area contributed by atoms with E-state index in [-0.39, 0.29) is 12.0 Å². The summed E-state index contributed by atoms with van der Waals surface area (Å²) in [6.45, 7) is 7.72. The molecule has 0 fully saturated rings. The summed E-state index contributed by atoms with van der Waals surface area (Å²) in [5.41, 5.74) is 0.563. The van der Waals surface area contributed by atoms with Crippen molar-refractivity contribution >= 4 is 27.7 Å². The van der Waals surface area contributed by atoms with Crippen LogP contribution < -0.4 is 5.32 Å². The van der Waals surface area contributed by atoms with Gasteiger partial charge in [-0.05, 0) is 42.8 Å². The molecule has 0 bridgehead atoms. The van der Waals surface area contributed by atoms with Crippen molar-refractivity contribution in [1.82, 2.24) is 9.88 Å². The van der Waals surface area contributed by atoms with Crippen LogP contribution in [0.25, 0.3) is 0 Å². The highest BCUT2D eigenvalue weighted by Crippen LogP contribution is 2.19. The Labute approximate surface area is 128 Å². The first-order valence-electron chi connectivity index (χ1n) is 6.72. The van der Waals surface area contributed by atoms with Gasteiger partial charge in [-0.15, -0.1) is 0 Å². The van der Waals surface area contributed by atoms with E-state index in [9.17, 15) is 4.79 Å². The van der Waals surface area contributed by atoms with Crippen LogP contribution in [0, 0.1) is 0 Å². The van der Waals surface area contributed by atoms with Crippen molar-refractivity contribution in [2.45, 2.75) is 26.9 Å². The molecule has 0 aliphatic rings. The van der Waals surface area contributed by atoms with Crippen molar-refractivity contribution in [1.29, 1.82) is 0 Å². The van der Waals surface area contributed by atoms with Crippen LogP contribution in [-0.4, -0.2) is 48.6 Å². The Morgan fingerprint density at radius 3 is 2.85 bits per heavy atom. The molecule has 0 radical (unpaired) electrons. The first-order chi connectivity index (χ1) is 9.45. The molecule has 0 spiro atoms. The molecule has 0 aromatic carbocycles. The summed E-state index contributed by atoms with van der Waals surface area (Å²) in [7, 11) is 1.77. The van der Waals surface area contributed by atoms with Crippen LogP contribution >= 0.6 is 15.9 Å². The molecule has 1 heterocycles. The molecule has 1 N–H and O–H groups in total. The molecule has 1 rings (SSSR count). The van der Waals surface area contributed by atoms with E-state index in [1.165, 1.54) is 0 Å². The third kappa shape index (κ3) is 5.09. The van der Waals surface area contributed by atoms with Gasteiger partial charge in [0.2, 0.25) is 0 Å². The lowest BCUT2D eigenvalue weighted by Gasteiger charge is -2.19. The van der Waals surface area contributed by atoms with Gasteiger partial charge in [-0.1, -0.05) is 0 Å². The minimum Gasteiger partial charge on any atom is -0.377 e. The van der Waals surface area contributed by atoms with E-state index in [0.717, 1.165) is 11.0 Å². The van der Waals surface area contributed by atoms with Crippen molar-refractivity contribution < 1.29 is 9.53 Å². The Morgan fingerprint density at radius 1 is 1.55 bits per heavy atom. The second-order valence-electron chi connectivity index (χ2n) is 4.73. The van der Waals surface area contributed by atoms with Gasteiger partial charge >= 0.3 is 0 Å². The molecule has 0 aliphatic carbocycles. The van der Waals surface area contributed by atoms with Crippen LogP contribution in [0.5, 0.6) is 0 Å². The van der Waals surface area contributed by atoms with Gasteiger partial charge in [0, 0.05) is 30.8 Å². The Kier molecular flexibility index (Phi) is 6.95. The van der Waals surface area contributed by atoms with Gasteiger partial charge in [0.25, 0.3) is 5.91 Å². The van der Waals surface area contributed by atoms with Gasteiger partial charge in [0.15, 0.2) is 0 Å². The Morgan fingerprint density at radius 2 is 2.25 bits per heavy atom. The van der Waals surface area contributed by atoms with E-state index >= 15 is 0 Å². The highest BCUT2D eigenvalue weighted by molar-refractivity contribution is 9.10. The molecular weight excluding hydrogens is 322 g/mol. The molecule has 0 aliphatic heterocycles. The van der Waals surface area contributed by atoms with Gasteiger partial charge in [0.05, 0.1) is 18.3 Å². The number of hydrogen-bond acceptors (Lipinski definition) is 4. The number of amides is 1. The topological polar surface area (TPSA) is 54.5 Å². The number of carbonyl (C=O) groups excluding carboxylic acids is 1. The monoisotopic (exact) mass is 343 g/mol. The summed E-state index contributed by atoms with van der Waals surface area (Å²) in [5.74, 6) is 0.541. The molecule has 0 atom stereocenters. The molecule has 112 valence electrons. The summed E-state index contributed by atoms with van der Waals surface area (Å²) in [6.07, 6.45) is 1.85. The lowest BCUT2D eigenvalue weighted by atomic mass is 10.2. The number of aromatic nitrogens is 1. The zero-order chi connectivity index (χ0) is 15.1. The van der Waals surface area contributed by atoms with E-state index in [0.29, 0.717) is 24.5 Å². The highest BCUT2D eigenvalue weighted by atomic mass is 79.9. The van der Waals surface area contributed by atoms with E-state index in [1.807, 2.05) is 20.8 Å². The number of pyridine rings is 1. The number of nitrogens with zero attached hydrogens (tertiary/aromatic N) is 2. The summed E-state index contributed by atoms with van der Waals surface area (Å²) in [6, 6.07) is 1.78. The first-order valence-corrected chi connectivity index (χ1v) is 7.51. The lowest BCUT2D eigenvalue weighted by Crippen LogP contribution is -2.31. The van der Waals surface area contributed by atoms with Crippen LogP contribution in [0.3, 0.4) is 0 Å². The molecule has 1 amide bonds. The molecule has 0 unspecified atom stereocenters.